The third-order valence-corrected chi connectivity index (χ3v) is 2.66. The molecular weight excluding hydrogens is 208 g/mol. The van der Waals surface area contributed by atoms with Gasteiger partial charge in [-0.25, -0.2) is 0 Å². The van der Waals surface area contributed by atoms with Crippen LogP contribution in [0.1, 0.15) is 22.5 Å². The van der Waals surface area contributed by atoms with Crippen molar-refractivity contribution in [3.8, 4) is 11.5 Å². The Kier molecular flexibility index (Phi) is 1.63. The van der Waals surface area contributed by atoms with Crippen LogP contribution in [0.2, 0.25) is 0 Å². The van der Waals surface area contributed by atoms with Crippen molar-refractivity contribution in [1.82, 2.24) is 0 Å². The van der Waals surface area contributed by atoms with Gasteiger partial charge in [-0.2, -0.15) is 0 Å². The highest BCUT2D eigenvalue weighted by Gasteiger charge is 2.22. The predicted molar refractivity (Wildman–Crippen MR) is 57.5 cm³/mol. The molecule has 2 aromatic rings. The summed E-state index contributed by atoms with van der Waals surface area (Å²) in [6, 6.07) is 2.66. The summed E-state index contributed by atoms with van der Waals surface area (Å²) >= 11 is 0. The zero-order valence-corrected chi connectivity index (χ0v) is 8.23. The largest absolute Gasteiger partial charge is 0.504 e. The molecule has 1 aromatic heterocycles. The first-order chi connectivity index (χ1) is 7.66. The number of allylic oxidation sites excluding steroid dienone is 1. The number of carbonyl (C=O) groups excluding carboxylic acids is 1. The van der Waals surface area contributed by atoms with Gasteiger partial charge in [0.25, 0.3) is 0 Å². The first kappa shape index (κ1) is 9.03. The molecule has 0 fully saturated rings. The van der Waals surface area contributed by atoms with Crippen LogP contribution < -0.4 is 0 Å². The van der Waals surface area contributed by atoms with E-state index in [1.807, 2.05) is 0 Å². The molecule has 0 saturated carbocycles. The van der Waals surface area contributed by atoms with E-state index in [1.165, 1.54) is 12.1 Å². The second-order valence-electron chi connectivity index (χ2n) is 3.71. The third-order valence-electron chi connectivity index (χ3n) is 2.66. The summed E-state index contributed by atoms with van der Waals surface area (Å²) in [5.74, 6) is -0.0638. The number of phenols is 2. The number of rotatable bonds is 0. The molecule has 1 heterocycles. The summed E-state index contributed by atoms with van der Waals surface area (Å²) in [7, 11) is 0. The molecule has 0 saturated heterocycles. The molecular formula is C12H8O4. The summed E-state index contributed by atoms with van der Waals surface area (Å²) in [6.45, 7) is 0. The fourth-order valence-electron chi connectivity index (χ4n) is 1.92. The van der Waals surface area contributed by atoms with Gasteiger partial charge in [-0.05, 0) is 12.1 Å². The standard InChI is InChI=1S/C12H8O4/c13-7-2-1-3-10-12(7)6-4-8(14)9(15)5-11(6)16-10/h1,3-5,14-15H,2H2. The molecule has 16 heavy (non-hydrogen) atoms. The van der Waals surface area contributed by atoms with Crippen LogP contribution >= 0.6 is 0 Å². The summed E-state index contributed by atoms with van der Waals surface area (Å²) in [5.41, 5.74) is 0.882. The number of Topliss-reactive ketones (excluding diaryl/α,β-unsaturated/α-hetero) is 1. The highest BCUT2D eigenvalue weighted by Crippen LogP contribution is 2.37. The lowest BCUT2D eigenvalue weighted by Gasteiger charge is -2.01. The molecule has 0 amide bonds. The molecule has 1 aromatic carbocycles. The van der Waals surface area contributed by atoms with Gasteiger partial charge in [-0.3, -0.25) is 4.79 Å². The minimum absolute atomic E-state index is 0.0404. The second kappa shape index (κ2) is 2.88. The number of hydrogen-bond donors (Lipinski definition) is 2. The van der Waals surface area contributed by atoms with Gasteiger partial charge in [0.2, 0.25) is 0 Å². The Morgan fingerprint density at radius 2 is 1.94 bits per heavy atom. The van der Waals surface area contributed by atoms with E-state index in [-0.39, 0.29) is 17.3 Å². The van der Waals surface area contributed by atoms with Gasteiger partial charge in [0.1, 0.15) is 11.3 Å². The number of furan rings is 1. The smallest absolute Gasteiger partial charge is 0.171 e. The molecule has 3 rings (SSSR count). The fourth-order valence-corrected chi connectivity index (χ4v) is 1.92. The average molecular weight is 216 g/mol. The van der Waals surface area contributed by atoms with E-state index >= 15 is 0 Å². The van der Waals surface area contributed by atoms with Gasteiger partial charge in [0, 0.05) is 17.9 Å². The van der Waals surface area contributed by atoms with Crippen molar-refractivity contribution < 1.29 is 19.4 Å². The molecule has 1 aliphatic rings. The highest BCUT2D eigenvalue weighted by atomic mass is 16.3. The zero-order chi connectivity index (χ0) is 11.3. The van der Waals surface area contributed by atoms with Crippen LogP contribution in [-0.2, 0) is 0 Å². The van der Waals surface area contributed by atoms with Gasteiger partial charge in [0.05, 0.1) is 5.56 Å². The predicted octanol–water partition coefficient (Wildman–Crippen LogP) is 2.44. The van der Waals surface area contributed by atoms with Gasteiger partial charge < -0.3 is 14.6 Å². The van der Waals surface area contributed by atoms with Crippen LogP contribution in [0.3, 0.4) is 0 Å². The van der Waals surface area contributed by atoms with Crippen molar-refractivity contribution in [2.75, 3.05) is 0 Å². The van der Waals surface area contributed by atoms with Crippen LogP contribution in [0.4, 0.5) is 0 Å². The average Bonchev–Trinajstić information content (AvgIpc) is 2.58. The number of aromatic hydroxyl groups is 2. The van der Waals surface area contributed by atoms with Crippen molar-refractivity contribution in [2.45, 2.75) is 6.42 Å². The Hall–Kier alpha value is -2.23. The van der Waals surface area contributed by atoms with Crippen molar-refractivity contribution >= 4 is 22.8 Å². The van der Waals surface area contributed by atoms with Crippen molar-refractivity contribution in [3.63, 3.8) is 0 Å². The molecule has 80 valence electrons. The Morgan fingerprint density at radius 1 is 1.19 bits per heavy atom. The summed E-state index contributed by atoms with van der Waals surface area (Å²) in [5, 5.41) is 19.3. The van der Waals surface area contributed by atoms with E-state index in [2.05, 4.69) is 0 Å². The fraction of sp³-hybridized carbons (Fsp3) is 0.0833. The summed E-state index contributed by atoms with van der Waals surface area (Å²) in [6.07, 6.45) is 3.79. The first-order valence-electron chi connectivity index (χ1n) is 4.85. The zero-order valence-electron chi connectivity index (χ0n) is 8.23. The van der Waals surface area contributed by atoms with Gasteiger partial charge in [0.15, 0.2) is 17.3 Å². The summed E-state index contributed by atoms with van der Waals surface area (Å²) in [4.78, 5) is 11.7. The normalized spacial score (nSPS) is 14.4. The monoisotopic (exact) mass is 216 g/mol. The van der Waals surface area contributed by atoms with Crippen LogP contribution in [-0.4, -0.2) is 16.0 Å². The van der Waals surface area contributed by atoms with E-state index in [9.17, 15) is 15.0 Å². The quantitative estimate of drug-likeness (QED) is 0.663. The van der Waals surface area contributed by atoms with E-state index < -0.39 is 0 Å². The number of phenolic OH excluding ortho intramolecular Hbond substituents is 2. The van der Waals surface area contributed by atoms with Gasteiger partial charge in [-0.15, -0.1) is 0 Å². The minimum Gasteiger partial charge on any atom is -0.504 e. The number of fused-ring (bicyclic) bond motifs is 3. The maximum absolute atomic E-state index is 11.7. The lowest BCUT2D eigenvalue weighted by Crippen LogP contribution is -2.01. The Bertz CT molecular complexity index is 634. The van der Waals surface area contributed by atoms with Crippen molar-refractivity contribution in [2.24, 2.45) is 0 Å². The van der Waals surface area contributed by atoms with E-state index in [4.69, 9.17) is 4.42 Å². The third kappa shape index (κ3) is 1.07. The Labute approximate surface area is 90.4 Å². The maximum Gasteiger partial charge on any atom is 0.171 e. The molecule has 0 aliphatic heterocycles. The van der Waals surface area contributed by atoms with Gasteiger partial charge in [-0.1, -0.05) is 6.08 Å². The lowest BCUT2D eigenvalue weighted by molar-refractivity contribution is 0.0995. The van der Waals surface area contributed by atoms with Crippen LogP contribution in [0.5, 0.6) is 11.5 Å². The SMILES string of the molecule is O=C1CC=Cc2oc3cc(O)c(O)cc3c21. The highest BCUT2D eigenvalue weighted by molar-refractivity contribution is 6.12. The number of carbonyl (C=O) groups is 1. The van der Waals surface area contributed by atoms with Gasteiger partial charge >= 0.3 is 0 Å². The van der Waals surface area contributed by atoms with Crippen molar-refractivity contribution in [1.29, 1.82) is 0 Å². The topological polar surface area (TPSA) is 70.7 Å². The maximum atomic E-state index is 11.7. The molecule has 0 radical (unpaired) electrons. The number of hydrogen-bond acceptors (Lipinski definition) is 4. The summed E-state index contributed by atoms with van der Waals surface area (Å²) < 4.78 is 5.42. The minimum atomic E-state index is -0.255. The first-order valence-corrected chi connectivity index (χ1v) is 4.85. The molecule has 0 unspecified atom stereocenters. The van der Waals surface area contributed by atoms with Crippen LogP contribution in [0, 0.1) is 0 Å². The molecule has 4 heteroatoms. The van der Waals surface area contributed by atoms with Crippen LogP contribution in [0.15, 0.2) is 22.6 Å². The molecule has 0 bridgehead atoms. The molecule has 0 atom stereocenters. The van der Waals surface area contributed by atoms with E-state index in [0.717, 1.165) is 0 Å². The van der Waals surface area contributed by atoms with E-state index in [1.54, 1.807) is 12.2 Å². The molecule has 4 nitrogen and oxygen atoms in total. The number of benzene rings is 1. The Balaban J connectivity index is 2.43. The number of ketones is 1. The Morgan fingerprint density at radius 3 is 2.75 bits per heavy atom. The molecule has 0 spiro atoms. The lowest BCUT2D eigenvalue weighted by atomic mass is 9.99. The molecule has 2 N–H and O–H groups in total. The molecule has 1 aliphatic carbocycles. The second-order valence-corrected chi connectivity index (χ2v) is 3.71. The van der Waals surface area contributed by atoms with Crippen LogP contribution in [0.25, 0.3) is 17.0 Å². The van der Waals surface area contributed by atoms with Crippen molar-refractivity contribution in [3.05, 3.63) is 29.5 Å². The van der Waals surface area contributed by atoms with E-state index in [0.29, 0.717) is 28.7 Å².